The van der Waals surface area contributed by atoms with E-state index < -0.39 is 0 Å². The summed E-state index contributed by atoms with van der Waals surface area (Å²) in [6, 6.07) is 0. The predicted octanol–water partition coefficient (Wildman–Crippen LogP) is 1.82. The Labute approximate surface area is 64.4 Å². The van der Waals surface area contributed by atoms with E-state index in [9.17, 15) is 0 Å². The first-order chi connectivity index (χ1) is 4.13. The van der Waals surface area contributed by atoms with E-state index in [4.69, 9.17) is 4.84 Å². The zero-order chi connectivity index (χ0) is 7.28. The van der Waals surface area contributed by atoms with Crippen molar-refractivity contribution in [2.75, 3.05) is 6.54 Å². The summed E-state index contributed by atoms with van der Waals surface area (Å²) < 4.78 is 0.892. The maximum absolute atomic E-state index is 5.01. The molecule has 2 nitrogen and oxygen atoms in total. The Bertz CT molecular complexity index is 93.1. The molecule has 0 heterocycles. The quantitative estimate of drug-likeness (QED) is 0.689. The van der Waals surface area contributed by atoms with E-state index >= 15 is 0 Å². The largest absolute Gasteiger partial charge is 0.299 e. The highest BCUT2D eigenvalue weighted by molar-refractivity contribution is 9.11. The normalized spacial score (nSPS) is 10.2. The molecule has 0 amide bonds. The second kappa shape index (κ2) is 4.97. The van der Waals surface area contributed by atoms with Crippen LogP contribution in [0.3, 0.4) is 0 Å². The van der Waals surface area contributed by atoms with E-state index in [0.29, 0.717) is 6.54 Å². The summed E-state index contributed by atoms with van der Waals surface area (Å²) in [5.74, 6) is 0. The molecule has 0 unspecified atom stereocenters. The monoisotopic (exact) mass is 193 g/mol. The Hall–Kier alpha value is 0.140. The predicted molar refractivity (Wildman–Crippen MR) is 42.3 cm³/mol. The average molecular weight is 194 g/mol. The summed E-state index contributed by atoms with van der Waals surface area (Å²) in [4.78, 5) is 5.01. The van der Waals surface area contributed by atoms with Crippen LogP contribution in [0.4, 0.5) is 0 Å². The van der Waals surface area contributed by atoms with Gasteiger partial charge in [0.15, 0.2) is 0 Å². The average Bonchev–Trinajstić information content (AvgIpc) is 1.63. The topological polar surface area (TPSA) is 21.3 Å². The maximum atomic E-state index is 5.01. The molecule has 0 fully saturated rings. The highest BCUT2D eigenvalue weighted by atomic mass is 79.9. The number of hydroxylamine groups is 1. The maximum Gasteiger partial charge on any atom is 0.0734 e. The molecule has 3 heteroatoms. The molecule has 0 aromatic heterocycles. The minimum atomic E-state index is 0.219. The van der Waals surface area contributed by atoms with Gasteiger partial charge in [0, 0.05) is 4.48 Å². The molecule has 0 aliphatic heterocycles. The van der Waals surface area contributed by atoms with Crippen LogP contribution in [0.2, 0.25) is 0 Å². The summed E-state index contributed by atoms with van der Waals surface area (Å²) in [6.07, 6.45) is 0.219. The van der Waals surface area contributed by atoms with Gasteiger partial charge in [-0.25, -0.2) is 0 Å². The van der Waals surface area contributed by atoms with Crippen LogP contribution in [0.15, 0.2) is 11.1 Å². The molecule has 0 aliphatic rings. The van der Waals surface area contributed by atoms with Crippen LogP contribution in [-0.2, 0) is 4.84 Å². The number of halogens is 1. The number of hydrogen-bond donors (Lipinski definition) is 1. The Balaban J connectivity index is 3.01. The molecule has 0 spiro atoms. The molecule has 0 saturated carbocycles. The molecule has 0 aromatic carbocycles. The van der Waals surface area contributed by atoms with Crippen molar-refractivity contribution in [1.82, 2.24) is 5.48 Å². The molecule has 0 radical (unpaired) electrons. The lowest BCUT2D eigenvalue weighted by molar-refractivity contribution is 0.00114. The van der Waals surface area contributed by atoms with Crippen molar-refractivity contribution in [1.29, 1.82) is 0 Å². The van der Waals surface area contributed by atoms with Gasteiger partial charge in [-0.3, -0.25) is 4.84 Å². The van der Waals surface area contributed by atoms with Gasteiger partial charge >= 0.3 is 0 Å². The van der Waals surface area contributed by atoms with Crippen LogP contribution in [0.1, 0.15) is 13.8 Å². The lowest BCUT2D eigenvalue weighted by Gasteiger charge is -2.06. The second-order valence-corrected chi connectivity index (χ2v) is 3.13. The van der Waals surface area contributed by atoms with Crippen LogP contribution in [0.25, 0.3) is 0 Å². The van der Waals surface area contributed by atoms with Crippen molar-refractivity contribution in [3.8, 4) is 0 Å². The van der Waals surface area contributed by atoms with E-state index in [-0.39, 0.29) is 6.10 Å². The standard InChI is InChI=1S/C6H12BrNO/c1-5(2)9-8-4-6(3)7/h5,8H,3-4H2,1-2H3. The Morgan fingerprint density at radius 3 is 2.67 bits per heavy atom. The molecular weight excluding hydrogens is 182 g/mol. The van der Waals surface area contributed by atoms with Gasteiger partial charge in [0.2, 0.25) is 0 Å². The van der Waals surface area contributed by atoms with Crippen molar-refractivity contribution in [2.24, 2.45) is 0 Å². The third-order valence-electron chi connectivity index (χ3n) is 0.583. The van der Waals surface area contributed by atoms with Crippen LogP contribution < -0.4 is 5.48 Å². The molecule has 9 heavy (non-hydrogen) atoms. The van der Waals surface area contributed by atoms with Crippen molar-refractivity contribution in [3.05, 3.63) is 11.1 Å². The van der Waals surface area contributed by atoms with E-state index in [2.05, 4.69) is 28.0 Å². The molecule has 0 saturated heterocycles. The first kappa shape index (κ1) is 9.14. The van der Waals surface area contributed by atoms with Gasteiger partial charge in [0.1, 0.15) is 0 Å². The van der Waals surface area contributed by atoms with Gasteiger partial charge in [0.05, 0.1) is 12.6 Å². The van der Waals surface area contributed by atoms with E-state index in [1.165, 1.54) is 0 Å². The fraction of sp³-hybridized carbons (Fsp3) is 0.667. The van der Waals surface area contributed by atoms with Crippen LogP contribution >= 0.6 is 15.9 Å². The Morgan fingerprint density at radius 2 is 2.33 bits per heavy atom. The zero-order valence-corrected chi connectivity index (χ0v) is 7.36. The third kappa shape index (κ3) is 8.14. The van der Waals surface area contributed by atoms with Crippen LogP contribution in [0, 0.1) is 0 Å². The summed E-state index contributed by atoms with van der Waals surface area (Å²) in [7, 11) is 0. The Kier molecular flexibility index (Phi) is 5.04. The minimum Gasteiger partial charge on any atom is -0.299 e. The smallest absolute Gasteiger partial charge is 0.0734 e. The summed E-state index contributed by atoms with van der Waals surface area (Å²) in [5, 5.41) is 0. The van der Waals surface area contributed by atoms with Crippen LogP contribution in [-0.4, -0.2) is 12.6 Å². The van der Waals surface area contributed by atoms with Gasteiger partial charge < -0.3 is 0 Å². The Morgan fingerprint density at radius 1 is 1.78 bits per heavy atom. The number of rotatable bonds is 4. The lowest BCUT2D eigenvalue weighted by atomic mass is 10.5. The summed E-state index contributed by atoms with van der Waals surface area (Å²) in [6.45, 7) is 8.20. The van der Waals surface area contributed by atoms with E-state index in [1.807, 2.05) is 13.8 Å². The number of nitrogens with one attached hydrogen (secondary N) is 1. The van der Waals surface area contributed by atoms with Gasteiger partial charge in [-0.1, -0.05) is 22.5 Å². The SMILES string of the molecule is C=C(Br)CNOC(C)C. The van der Waals surface area contributed by atoms with Crippen molar-refractivity contribution in [3.63, 3.8) is 0 Å². The molecule has 0 aromatic rings. The van der Waals surface area contributed by atoms with Gasteiger partial charge in [-0.05, 0) is 13.8 Å². The van der Waals surface area contributed by atoms with E-state index in [1.54, 1.807) is 0 Å². The first-order valence-electron chi connectivity index (χ1n) is 2.84. The summed E-state index contributed by atoms with van der Waals surface area (Å²) >= 11 is 3.19. The molecule has 1 N–H and O–H groups in total. The fourth-order valence-corrected chi connectivity index (χ4v) is 0.401. The van der Waals surface area contributed by atoms with E-state index in [0.717, 1.165) is 4.48 Å². The van der Waals surface area contributed by atoms with Gasteiger partial charge in [0.25, 0.3) is 0 Å². The van der Waals surface area contributed by atoms with Gasteiger partial charge in [-0.15, -0.1) is 0 Å². The second-order valence-electron chi connectivity index (χ2n) is 2.00. The molecule has 0 aliphatic carbocycles. The molecule has 0 rings (SSSR count). The minimum absolute atomic E-state index is 0.219. The lowest BCUT2D eigenvalue weighted by Crippen LogP contribution is -2.20. The third-order valence-corrected chi connectivity index (χ3v) is 0.863. The fourth-order valence-electron chi connectivity index (χ4n) is 0.287. The highest BCUT2D eigenvalue weighted by Gasteiger charge is 1.91. The molecule has 0 atom stereocenters. The van der Waals surface area contributed by atoms with Gasteiger partial charge in [-0.2, -0.15) is 5.48 Å². The number of hydrogen-bond acceptors (Lipinski definition) is 2. The molecular formula is C6H12BrNO. The van der Waals surface area contributed by atoms with Crippen molar-refractivity contribution >= 4 is 15.9 Å². The van der Waals surface area contributed by atoms with Crippen molar-refractivity contribution < 1.29 is 4.84 Å². The highest BCUT2D eigenvalue weighted by Crippen LogP contribution is 1.96. The first-order valence-corrected chi connectivity index (χ1v) is 3.64. The molecule has 0 bridgehead atoms. The van der Waals surface area contributed by atoms with Crippen LogP contribution in [0.5, 0.6) is 0 Å². The molecule has 54 valence electrons. The van der Waals surface area contributed by atoms with Crippen molar-refractivity contribution in [2.45, 2.75) is 20.0 Å². The zero-order valence-electron chi connectivity index (χ0n) is 5.78. The summed E-state index contributed by atoms with van der Waals surface area (Å²) in [5.41, 5.74) is 2.74.